The molecule has 2 rings (SSSR count). The molecule has 1 radical (unpaired) electrons. The second kappa shape index (κ2) is 5.15. The molecule has 0 bridgehead atoms. The highest BCUT2D eigenvalue weighted by Gasteiger charge is 2.09. The van der Waals surface area contributed by atoms with Gasteiger partial charge in [-0.3, -0.25) is 0 Å². The molecule has 0 fully saturated rings. The molecule has 1 atom stereocenters. The van der Waals surface area contributed by atoms with Gasteiger partial charge in [-0.1, -0.05) is 54.1 Å². The molecule has 0 aliphatic heterocycles. The Kier molecular flexibility index (Phi) is 3.60. The molecule has 0 amide bonds. The van der Waals surface area contributed by atoms with Crippen LogP contribution in [0.25, 0.3) is 0 Å². The maximum absolute atomic E-state index is 11.9. The van der Waals surface area contributed by atoms with Crippen molar-refractivity contribution >= 4 is 11.6 Å². The van der Waals surface area contributed by atoms with Crippen molar-refractivity contribution in [3.8, 4) is 0 Å². The van der Waals surface area contributed by atoms with E-state index in [0.717, 1.165) is 11.1 Å². The van der Waals surface area contributed by atoms with Crippen LogP contribution >= 0.6 is 11.6 Å². The fourth-order valence-corrected chi connectivity index (χ4v) is 1.75. The van der Waals surface area contributed by atoms with Crippen LogP contribution in [0, 0.1) is 0 Å². The summed E-state index contributed by atoms with van der Waals surface area (Å²) >= 11 is 5.79. The predicted octanol–water partition coefficient (Wildman–Crippen LogP) is 4.05. The van der Waals surface area contributed by atoms with E-state index in [1.807, 2.05) is 54.6 Å². The molecule has 2 heteroatoms. The van der Waals surface area contributed by atoms with Crippen LogP contribution in [0.3, 0.4) is 0 Å². The molecule has 1 nitrogen and oxygen atoms in total. The number of rotatable bonds is 3. The van der Waals surface area contributed by atoms with Gasteiger partial charge in [0.05, 0.1) is 0 Å². The molecule has 0 saturated carbocycles. The van der Waals surface area contributed by atoms with Crippen molar-refractivity contribution in [1.82, 2.24) is 0 Å². The largest absolute Gasteiger partial charge is 0.228 e. The van der Waals surface area contributed by atoms with E-state index in [0.29, 0.717) is 11.4 Å². The normalized spacial score (nSPS) is 12.4. The second-order valence-electron chi connectivity index (χ2n) is 3.73. The van der Waals surface area contributed by atoms with Crippen LogP contribution in [0.1, 0.15) is 17.2 Å². The Hall–Kier alpha value is -1.31. The predicted molar refractivity (Wildman–Crippen MR) is 65.0 cm³/mol. The molecule has 1 unspecified atom stereocenters. The summed E-state index contributed by atoms with van der Waals surface area (Å²) in [5.41, 5.74) is 1.85. The zero-order chi connectivity index (χ0) is 11.4. The van der Waals surface area contributed by atoms with Crippen molar-refractivity contribution in [1.29, 1.82) is 0 Å². The standard InChI is InChI=1S/C14H12ClO/c15-13-8-6-11(7-9-13)10-14(16)12-4-2-1-3-5-12/h1-9,14H,10H2. The Balaban J connectivity index is 2.08. The lowest BCUT2D eigenvalue weighted by molar-refractivity contribution is 0.0894. The third kappa shape index (κ3) is 2.84. The lowest BCUT2D eigenvalue weighted by Crippen LogP contribution is -1.99. The lowest BCUT2D eigenvalue weighted by Gasteiger charge is -2.08. The molecule has 0 aromatic heterocycles. The topological polar surface area (TPSA) is 19.9 Å². The number of halogens is 1. The van der Waals surface area contributed by atoms with E-state index < -0.39 is 6.10 Å². The third-order valence-corrected chi connectivity index (χ3v) is 2.76. The maximum Gasteiger partial charge on any atom is 0.122 e. The average Bonchev–Trinajstić information content (AvgIpc) is 2.33. The first kappa shape index (κ1) is 11.2. The highest BCUT2D eigenvalue weighted by Crippen LogP contribution is 2.19. The van der Waals surface area contributed by atoms with Gasteiger partial charge in [0.15, 0.2) is 0 Å². The minimum absolute atomic E-state index is 0.501. The summed E-state index contributed by atoms with van der Waals surface area (Å²) in [6.45, 7) is 0. The van der Waals surface area contributed by atoms with Gasteiger partial charge in [0, 0.05) is 11.4 Å². The van der Waals surface area contributed by atoms with Gasteiger partial charge in [0.25, 0.3) is 0 Å². The van der Waals surface area contributed by atoms with Gasteiger partial charge < -0.3 is 0 Å². The van der Waals surface area contributed by atoms with E-state index in [4.69, 9.17) is 11.6 Å². The van der Waals surface area contributed by atoms with Crippen molar-refractivity contribution in [2.45, 2.75) is 12.5 Å². The smallest absolute Gasteiger partial charge is 0.122 e. The summed E-state index contributed by atoms with van der Waals surface area (Å²) in [5, 5.41) is 12.6. The van der Waals surface area contributed by atoms with E-state index in [1.54, 1.807) is 0 Å². The molecule has 0 aliphatic carbocycles. The molecule has 16 heavy (non-hydrogen) atoms. The third-order valence-electron chi connectivity index (χ3n) is 2.51. The van der Waals surface area contributed by atoms with Crippen LogP contribution in [-0.4, -0.2) is 0 Å². The molecular formula is C14H12ClO. The fraction of sp³-hybridized carbons (Fsp3) is 0.143. The summed E-state index contributed by atoms with van der Waals surface area (Å²) in [5.74, 6) is 0. The molecule has 0 N–H and O–H groups in total. The first-order valence-corrected chi connectivity index (χ1v) is 5.59. The summed E-state index contributed by atoms with van der Waals surface area (Å²) in [7, 11) is 0. The lowest BCUT2D eigenvalue weighted by atomic mass is 10.0. The van der Waals surface area contributed by atoms with Crippen LogP contribution < -0.4 is 0 Å². The first-order valence-electron chi connectivity index (χ1n) is 5.21. The Labute approximate surface area is 100 Å². The van der Waals surface area contributed by atoms with Gasteiger partial charge in [-0.05, 0) is 23.3 Å². The minimum atomic E-state index is -0.706. The molecular weight excluding hydrogens is 220 g/mol. The minimum Gasteiger partial charge on any atom is -0.228 e. The van der Waals surface area contributed by atoms with Crippen molar-refractivity contribution in [2.75, 3.05) is 0 Å². The Morgan fingerprint density at radius 3 is 2.19 bits per heavy atom. The van der Waals surface area contributed by atoms with Crippen LogP contribution in [0.5, 0.6) is 0 Å². The Morgan fingerprint density at radius 2 is 1.56 bits per heavy atom. The van der Waals surface area contributed by atoms with Gasteiger partial charge in [0.2, 0.25) is 0 Å². The van der Waals surface area contributed by atoms with E-state index in [-0.39, 0.29) is 0 Å². The zero-order valence-electron chi connectivity index (χ0n) is 8.77. The monoisotopic (exact) mass is 231 g/mol. The summed E-state index contributed by atoms with van der Waals surface area (Å²) in [4.78, 5) is 0. The number of hydrogen-bond acceptors (Lipinski definition) is 0. The quantitative estimate of drug-likeness (QED) is 0.760. The summed E-state index contributed by atoms with van der Waals surface area (Å²) in [6, 6.07) is 16.9. The van der Waals surface area contributed by atoms with Crippen molar-refractivity contribution < 1.29 is 5.11 Å². The molecule has 2 aromatic carbocycles. The molecule has 0 aliphatic rings. The molecule has 2 aromatic rings. The van der Waals surface area contributed by atoms with E-state index in [9.17, 15) is 5.11 Å². The van der Waals surface area contributed by atoms with Gasteiger partial charge in [0.1, 0.15) is 6.10 Å². The highest BCUT2D eigenvalue weighted by molar-refractivity contribution is 6.30. The molecule has 0 saturated heterocycles. The Morgan fingerprint density at radius 1 is 0.938 bits per heavy atom. The van der Waals surface area contributed by atoms with Crippen molar-refractivity contribution in [3.63, 3.8) is 0 Å². The van der Waals surface area contributed by atoms with Gasteiger partial charge in [-0.15, -0.1) is 0 Å². The highest BCUT2D eigenvalue weighted by atomic mass is 35.5. The number of benzene rings is 2. The molecule has 0 spiro atoms. The summed E-state index contributed by atoms with van der Waals surface area (Å²) < 4.78 is 0. The maximum atomic E-state index is 11.9. The average molecular weight is 232 g/mol. The van der Waals surface area contributed by atoms with E-state index >= 15 is 0 Å². The SMILES string of the molecule is [O]C(Cc1ccc(Cl)cc1)c1ccccc1. The van der Waals surface area contributed by atoms with E-state index in [1.165, 1.54) is 0 Å². The molecule has 0 heterocycles. The van der Waals surface area contributed by atoms with Gasteiger partial charge in [-0.25, -0.2) is 5.11 Å². The zero-order valence-corrected chi connectivity index (χ0v) is 9.52. The van der Waals surface area contributed by atoms with Crippen LogP contribution in [0.2, 0.25) is 5.02 Å². The number of hydrogen-bond donors (Lipinski definition) is 0. The Bertz CT molecular complexity index is 436. The summed E-state index contributed by atoms with van der Waals surface area (Å²) in [6.07, 6.45) is -0.205. The first-order chi connectivity index (χ1) is 7.75. The van der Waals surface area contributed by atoms with Crippen molar-refractivity contribution in [3.05, 3.63) is 70.7 Å². The van der Waals surface area contributed by atoms with Crippen LogP contribution in [0.15, 0.2) is 54.6 Å². The fourth-order valence-electron chi connectivity index (χ4n) is 1.62. The van der Waals surface area contributed by atoms with E-state index in [2.05, 4.69) is 0 Å². The second-order valence-corrected chi connectivity index (χ2v) is 4.17. The van der Waals surface area contributed by atoms with Crippen molar-refractivity contribution in [2.24, 2.45) is 0 Å². The van der Waals surface area contributed by atoms with Crippen LogP contribution in [0.4, 0.5) is 0 Å². The van der Waals surface area contributed by atoms with Gasteiger partial charge in [-0.2, -0.15) is 0 Å². The van der Waals surface area contributed by atoms with Crippen LogP contribution in [-0.2, 0) is 11.5 Å². The molecule has 81 valence electrons. The van der Waals surface area contributed by atoms with Gasteiger partial charge >= 0.3 is 0 Å².